The lowest BCUT2D eigenvalue weighted by Gasteiger charge is -2.30. The summed E-state index contributed by atoms with van der Waals surface area (Å²) >= 11 is 1.76. The molecule has 0 bridgehead atoms. The molecule has 0 atom stereocenters. The van der Waals surface area contributed by atoms with E-state index < -0.39 is 0 Å². The minimum absolute atomic E-state index is 0.144. The number of benzene rings is 2. The van der Waals surface area contributed by atoms with Gasteiger partial charge in [0.15, 0.2) is 5.69 Å². The van der Waals surface area contributed by atoms with Gasteiger partial charge in [0, 0.05) is 41.1 Å². The average molecular weight is 433 g/mol. The van der Waals surface area contributed by atoms with E-state index in [1.165, 1.54) is 36.4 Å². The number of carbonyl (C=O) groups is 1. The second-order valence-corrected chi connectivity index (χ2v) is 9.71. The highest BCUT2D eigenvalue weighted by Crippen LogP contribution is 2.42. The predicted molar refractivity (Wildman–Crippen MR) is 126 cm³/mol. The van der Waals surface area contributed by atoms with Gasteiger partial charge in [-0.05, 0) is 55.6 Å². The van der Waals surface area contributed by atoms with Crippen LogP contribution in [0.5, 0.6) is 0 Å². The molecule has 0 radical (unpaired) electrons. The van der Waals surface area contributed by atoms with Gasteiger partial charge >= 0.3 is 0 Å². The van der Waals surface area contributed by atoms with E-state index in [2.05, 4.69) is 52.6 Å². The smallest absolute Gasteiger partial charge is 0.276 e. The van der Waals surface area contributed by atoms with Crippen molar-refractivity contribution in [3.05, 3.63) is 65.4 Å². The van der Waals surface area contributed by atoms with Crippen LogP contribution in [0.3, 0.4) is 0 Å². The van der Waals surface area contributed by atoms with Crippen LogP contribution in [0.4, 0.5) is 5.69 Å². The van der Waals surface area contributed by atoms with Crippen LogP contribution in [0, 0.1) is 5.92 Å². The van der Waals surface area contributed by atoms with Gasteiger partial charge < -0.3 is 5.32 Å². The van der Waals surface area contributed by atoms with Gasteiger partial charge in [0.2, 0.25) is 0 Å². The van der Waals surface area contributed by atoms with Gasteiger partial charge in [0.05, 0.1) is 5.69 Å². The van der Waals surface area contributed by atoms with Gasteiger partial charge in [-0.1, -0.05) is 37.3 Å². The molecule has 2 aromatic carbocycles. The fourth-order valence-corrected chi connectivity index (χ4v) is 5.59. The second kappa shape index (κ2) is 8.52. The first-order valence-corrected chi connectivity index (χ1v) is 12.0. The fraction of sp³-hybridized carbons (Fsp3) is 0.360. The standard InChI is InChI=1S/C25H28N4OS/c1-17-11-13-29(14-12-17)15-18-7-9-19(10-8-18)26-25(30)23-21-16-31-22-6-4-3-5-20(22)24(21)28(2)27-23/h3-10,17H,11-16H2,1-2H3,(H,26,30). The molecule has 3 heterocycles. The third kappa shape index (κ3) is 4.14. The number of thioether (sulfide) groups is 1. The number of anilines is 1. The maximum absolute atomic E-state index is 13.0. The van der Waals surface area contributed by atoms with Crippen molar-refractivity contribution < 1.29 is 4.79 Å². The van der Waals surface area contributed by atoms with Crippen LogP contribution in [-0.2, 0) is 19.3 Å². The van der Waals surface area contributed by atoms with Crippen molar-refractivity contribution in [1.82, 2.24) is 14.7 Å². The average Bonchev–Trinajstić information content (AvgIpc) is 3.14. The monoisotopic (exact) mass is 432 g/mol. The Bertz CT molecular complexity index is 1100. The Balaban J connectivity index is 1.29. The van der Waals surface area contributed by atoms with Crippen LogP contribution in [-0.4, -0.2) is 33.7 Å². The van der Waals surface area contributed by atoms with Crippen molar-refractivity contribution in [3.63, 3.8) is 0 Å². The summed E-state index contributed by atoms with van der Waals surface area (Å²) in [6.07, 6.45) is 2.57. The van der Waals surface area contributed by atoms with Crippen molar-refractivity contribution in [3.8, 4) is 11.3 Å². The van der Waals surface area contributed by atoms with E-state index in [-0.39, 0.29) is 5.91 Å². The molecule has 1 saturated heterocycles. The number of carbonyl (C=O) groups excluding carboxylic acids is 1. The molecule has 31 heavy (non-hydrogen) atoms. The Labute approximate surface area is 187 Å². The topological polar surface area (TPSA) is 50.2 Å². The van der Waals surface area contributed by atoms with E-state index in [1.54, 1.807) is 11.8 Å². The van der Waals surface area contributed by atoms with Crippen LogP contribution in [0.2, 0.25) is 0 Å². The summed E-state index contributed by atoms with van der Waals surface area (Å²) in [5.74, 6) is 1.46. The second-order valence-electron chi connectivity index (χ2n) is 8.69. The molecule has 0 spiro atoms. The number of rotatable bonds is 4. The van der Waals surface area contributed by atoms with Crippen LogP contribution in [0.25, 0.3) is 11.3 Å². The van der Waals surface area contributed by atoms with Crippen molar-refractivity contribution in [2.24, 2.45) is 13.0 Å². The Kier molecular flexibility index (Phi) is 5.59. The summed E-state index contributed by atoms with van der Waals surface area (Å²) < 4.78 is 1.84. The van der Waals surface area contributed by atoms with Gasteiger partial charge in [0.1, 0.15) is 0 Å². The Hall–Kier alpha value is -2.57. The number of aromatic nitrogens is 2. The third-order valence-electron chi connectivity index (χ3n) is 6.37. The molecule has 160 valence electrons. The Morgan fingerprint density at radius 2 is 1.87 bits per heavy atom. The molecule has 1 amide bonds. The van der Waals surface area contributed by atoms with E-state index in [9.17, 15) is 4.79 Å². The Morgan fingerprint density at radius 3 is 2.65 bits per heavy atom. The maximum atomic E-state index is 13.0. The van der Waals surface area contributed by atoms with Crippen molar-refractivity contribution in [2.45, 2.75) is 37.0 Å². The highest BCUT2D eigenvalue weighted by Gasteiger charge is 2.27. The van der Waals surface area contributed by atoms with E-state index in [0.29, 0.717) is 5.69 Å². The first-order valence-electron chi connectivity index (χ1n) is 11.0. The zero-order valence-corrected chi connectivity index (χ0v) is 18.9. The number of nitrogens with zero attached hydrogens (tertiary/aromatic N) is 3. The summed E-state index contributed by atoms with van der Waals surface area (Å²) in [6, 6.07) is 16.6. The molecule has 0 saturated carbocycles. The third-order valence-corrected chi connectivity index (χ3v) is 7.47. The highest BCUT2D eigenvalue weighted by atomic mass is 32.2. The maximum Gasteiger partial charge on any atom is 0.276 e. The molecule has 2 aliphatic heterocycles. The number of amides is 1. The molecule has 5 nitrogen and oxygen atoms in total. The SMILES string of the molecule is CC1CCN(Cc2ccc(NC(=O)c3nn(C)c4c3CSc3ccccc3-4)cc2)CC1. The van der Waals surface area contributed by atoms with Gasteiger partial charge in [-0.3, -0.25) is 14.4 Å². The minimum atomic E-state index is -0.144. The van der Waals surface area contributed by atoms with Crippen LogP contribution >= 0.6 is 11.8 Å². The lowest BCUT2D eigenvalue weighted by molar-refractivity contribution is 0.102. The molecule has 0 unspecified atom stereocenters. The normalized spacial score (nSPS) is 16.6. The minimum Gasteiger partial charge on any atom is -0.321 e. The van der Waals surface area contributed by atoms with Gasteiger partial charge in [-0.15, -0.1) is 11.8 Å². The number of piperidine rings is 1. The number of hydrogen-bond donors (Lipinski definition) is 1. The van der Waals surface area contributed by atoms with Crippen molar-refractivity contribution in [1.29, 1.82) is 0 Å². The first-order chi connectivity index (χ1) is 15.1. The summed E-state index contributed by atoms with van der Waals surface area (Å²) in [7, 11) is 1.92. The van der Waals surface area contributed by atoms with E-state index in [1.807, 2.05) is 29.9 Å². The summed E-state index contributed by atoms with van der Waals surface area (Å²) in [6.45, 7) is 5.66. The number of fused-ring (bicyclic) bond motifs is 3. The van der Waals surface area contributed by atoms with Crippen molar-refractivity contribution >= 4 is 23.4 Å². The molecule has 1 N–H and O–H groups in total. The molecule has 0 aliphatic carbocycles. The fourth-order valence-electron chi connectivity index (χ4n) is 4.52. The summed E-state index contributed by atoms with van der Waals surface area (Å²) in [4.78, 5) is 16.8. The van der Waals surface area contributed by atoms with Gasteiger partial charge in [-0.25, -0.2) is 0 Å². The number of nitrogens with one attached hydrogen (secondary N) is 1. The zero-order valence-electron chi connectivity index (χ0n) is 18.1. The number of aryl methyl sites for hydroxylation is 1. The largest absolute Gasteiger partial charge is 0.321 e. The molecule has 1 aromatic heterocycles. The summed E-state index contributed by atoms with van der Waals surface area (Å²) in [5, 5.41) is 7.62. The first kappa shape index (κ1) is 20.3. The van der Waals surface area contributed by atoms with Gasteiger partial charge in [-0.2, -0.15) is 5.10 Å². The molecule has 5 rings (SSSR count). The summed E-state index contributed by atoms with van der Waals surface area (Å²) in [5.41, 5.74) is 5.83. The van der Waals surface area contributed by atoms with Crippen LogP contribution < -0.4 is 5.32 Å². The zero-order chi connectivity index (χ0) is 21.4. The van der Waals surface area contributed by atoms with Gasteiger partial charge in [0.25, 0.3) is 5.91 Å². The predicted octanol–water partition coefficient (Wildman–Crippen LogP) is 5.18. The molecular formula is C25H28N4OS. The lowest BCUT2D eigenvalue weighted by Crippen LogP contribution is -2.32. The van der Waals surface area contributed by atoms with E-state index in [4.69, 9.17) is 0 Å². The Morgan fingerprint density at radius 1 is 1.13 bits per heavy atom. The van der Waals surface area contributed by atoms with E-state index in [0.717, 1.165) is 40.7 Å². The lowest BCUT2D eigenvalue weighted by atomic mass is 9.99. The molecular weight excluding hydrogens is 404 g/mol. The molecule has 3 aromatic rings. The van der Waals surface area contributed by atoms with E-state index >= 15 is 0 Å². The quantitative estimate of drug-likeness (QED) is 0.617. The van der Waals surface area contributed by atoms with Crippen molar-refractivity contribution in [2.75, 3.05) is 18.4 Å². The van der Waals surface area contributed by atoms with Crippen LogP contribution in [0.15, 0.2) is 53.4 Å². The number of hydrogen-bond acceptors (Lipinski definition) is 4. The molecule has 2 aliphatic rings. The van der Waals surface area contributed by atoms with Crippen LogP contribution in [0.1, 0.15) is 41.4 Å². The molecule has 6 heteroatoms. The highest BCUT2D eigenvalue weighted by molar-refractivity contribution is 7.98. The molecule has 1 fully saturated rings. The number of likely N-dealkylation sites (tertiary alicyclic amines) is 1.